The number of hydrogen-bond donors (Lipinski definition) is 1. The van der Waals surface area contributed by atoms with Crippen LogP contribution in [0.4, 0.5) is 0 Å². The number of thiol groups is 1. The molecule has 0 bridgehead atoms. The Labute approximate surface area is 101 Å². The van der Waals surface area contributed by atoms with Crippen molar-refractivity contribution in [2.45, 2.75) is 25.2 Å². The van der Waals surface area contributed by atoms with E-state index < -0.39 is 0 Å². The predicted octanol–water partition coefficient (Wildman–Crippen LogP) is 2.48. The zero-order valence-electron chi connectivity index (χ0n) is 9.53. The fourth-order valence-electron chi connectivity index (χ4n) is 1.32. The number of aryl methyl sites for hydroxylation is 1. The molecule has 0 fully saturated rings. The third kappa shape index (κ3) is 3.77. The summed E-state index contributed by atoms with van der Waals surface area (Å²) in [5.74, 6) is 0.368. The molecule has 88 valence electrons. The second-order valence-electron chi connectivity index (χ2n) is 3.24. The average Bonchev–Trinajstić information content (AvgIpc) is 2.27. The van der Waals surface area contributed by atoms with Crippen LogP contribution >= 0.6 is 12.6 Å². The minimum atomic E-state index is -0.348. The van der Waals surface area contributed by atoms with Crippen LogP contribution in [-0.4, -0.2) is 19.2 Å². The van der Waals surface area contributed by atoms with Gasteiger partial charge in [0.1, 0.15) is 5.75 Å². The molecular formula is C12H16O3S. The Morgan fingerprint density at radius 1 is 1.38 bits per heavy atom. The highest BCUT2D eigenvalue weighted by Crippen LogP contribution is 2.22. The van der Waals surface area contributed by atoms with Gasteiger partial charge in [0.25, 0.3) is 0 Å². The lowest BCUT2D eigenvalue weighted by molar-refractivity contribution is -0.145. The Bertz CT molecular complexity index is 363. The molecule has 3 nitrogen and oxygen atoms in total. The van der Waals surface area contributed by atoms with Crippen molar-refractivity contribution < 1.29 is 14.3 Å². The lowest BCUT2D eigenvalue weighted by atomic mass is 10.1. The standard InChI is InChI=1S/C12H16O3S/c1-3-9-7-10(16)5-6-11(9)15-8-12(13)14-4-2/h5-7,16H,3-4,8H2,1-2H3. The van der Waals surface area contributed by atoms with Crippen molar-refractivity contribution in [1.29, 1.82) is 0 Å². The minimum absolute atomic E-state index is 0.0489. The summed E-state index contributed by atoms with van der Waals surface area (Å²) in [5.41, 5.74) is 1.04. The molecule has 1 rings (SSSR count). The molecule has 0 atom stereocenters. The smallest absolute Gasteiger partial charge is 0.344 e. The first-order valence-electron chi connectivity index (χ1n) is 5.27. The number of carbonyl (C=O) groups is 1. The largest absolute Gasteiger partial charge is 0.482 e. The first-order valence-corrected chi connectivity index (χ1v) is 5.72. The number of ether oxygens (including phenoxy) is 2. The number of benzene rings is 1. The molecule has 0 aliphatic heterocycles. The molecule has 4 heteroatoms. The van der Waals surface area contributed by atoms with E-state index in [1.54, 1.807) is 6.92 Å². The van der Waals surface area contributed by atoms with Crippen molar-refractivity contribution >= 4 is 18.6 Å². The lowest BCUT2D eigenvalue weighted by Gasteiger charge is -2.10. The van der Waals surface area contributed by atoms with E-state index in [2.05, 4.69) is 12.6 Å². The van der Waals surface area contributed by atoms with Gasteiger partial charge >= 0.3 is 5.97 Å². The second-order valence-corrected chi connectivity index (χ2v) is 3.76. The summed E-state index contributed by atoms with van der Waals surface area (Å²) in [6, 6.07) is 5.59. The van der Waals surface area contributed by atoms with Gasteiger partial charge in [-0.15, -0.1) is 12.6 Å². The van der Waals surface area contributed by atoms with E-state index in [1.165, 1.54) is 0 Å². The van der Waals surface area contributed by atoms with Gasteiger partial charge in [0, 0.05) is 4.90 Å². The van der Waals surface area contributed by atoms with Crippen LogP contribution < -0.4 is 4.74 Å². The first-order chi connectivity index (χ1) is 7.67. The Morgan fingerprint density at radius 2 is 2.12 bits per heavy atom. The summed E-state index contributed by atoms with van der Waals surface area (Å²) in [6.07, 6.45) is 0.840. The van der Waals surface area contributed by atoms with Crippen molar-refractivity contribution in [2.24, 2.45) is 0 Å². The monoisotopic (exact) mass is 240 g/mol. The zero-order valence-corrected chi connectivity index (χ0v) is 10.4. The van der Waals surface area contributed by atoms with Gasteiger partial charge in [-0.2, -0.15) is 0 Å². The molecular weight excluding hydrogens is 224 g/mol. The fraction of sp³-hybridized carbons (Fsp3) is 0.417. The normalized spacial score (nSPS) is 9.94. The molecule has 0 spiro atoms. The molecule has 0 aliphatic carbocycles. The lowest BCUT2D eigenvalue weighted by Crippen LogP contribution is -2.15. The molecule has 0 aromatic heterocycles. The number of carbonyl (C=O) groups excluding carboxylic acids is 1. The SMILES string of the molecule is CCOC(=O)COc1ccc(S)cc1CC. The van der Waals surface area contributed by atoms with Gasteiger partial charge in [-0.3, -0.25) is 0 Å². The minimum Gasteiger partial charge on any atom is -0.482 e. The maximum Gasteiger partial charge on any atom is 0.344 e. The van der Waals surface area contributed by atoms with Gasteiger partial charge in [0.15, 0.2) is 6.61 Å². The van der Waals surface area contributed by atoms with E-state index >= 15 is 0 Å². The molecule has 0 heterocycles. The fourth-order valence-corrected chi connectivity index (χ4v) is 1.55. The quantitative estimate of drug-likeness (QED) is 0.634. The summed E-state index contributed by atoms with van der Waals surface area (Å²) in [6.45, 7) is 4.12. The van der Waals surface area contributed by atoms with Crippen LogP contribution in [0.15, 0.2) is 23.1 Å². The molecule has 1 aromatic carbocycles. The molecule has 16 heavy (non-hydrogen) atoms. The van der Waals surface area contributed by atoms with Crippen LogP contribution in [-0.2, 0) is 16.0 Å². The van der Waals surface area contributed by atoms with Crippen LogP contribution in [0.25, 0.3) is 0 Å². The molecule has 0 amide bonds. The summed E-state index contributed by atoms with van der Waals surface area (Å²) in [4.78, 5) is 12.0. The third-order valence-electron chi connectivity index (χ3n) is 2.08. The Morgan fingerprint density at radius 3 is 2.75 bits per heavy atom. The van der Waals surface area contributed by atoms with Crippen molar-refractivity contribution in [3.63, 3.8) is 0 Å². The van der Waals surface area contributed by atoms with Gasteiger partial charge in [0.2, 0.25) is 0 Å². The molecule has 0 radical (unpaired) electrons. The average molecular weight is 240 g/mol. The van der Waals surface area contributed by atoms with Crippen molar-refractivity contribution in [3.8, 4) is 5.75 Å². The molecule has 0 N–H and O–H groups in total. The van der Waals surface area contributed by atoms with E-state index in [1.807, 2.05) is 25.1 Å². The van der Waals surface area contributed by atoms with E-state index in [0.717, 1.165) is 16.9 Å². The summed E-state index contributed by atoms with van der Waals surface area (Å²) >= 11 is 4.25. The number of hydrogen-bond acceptors (Lipinski definition) is 4. The Kier molecular flexibility index (Phi) is 5.19. The second kappa shape index (κ2) is 6.43. The molecule has 0 saturated carbocycles. The molecule has 0 aliphatic rings. The van der Waals surface area contributed by atoms with E-state index in [4.69, 9.17) is 9.47 Å². The molecule has 0 saturated heterocycles. The van der Waals surface area contributed by atoms with Crippen molar-refractivity contribution in [1.82, 2.24) is 0 Å². The van der Waals surface area contributed by atoms with Gasteiger partial charge in [-0.1, -0.05) is 6.92 Å². The highest BCUT2D eigenvalue weighted by molar-refractivity contribution is 7.80. The van der Waals surface area contributed by atoms with Gasteiger partial charge < -0.3 is 9.47 Å². The van der Waals surface area contributed by atoms with Gasteiger partial charge in [-0.25, -0.2) is 4.79 Å². The molecule has 0 unspecified atom stereocenters. The molecule has 1 aromatic rings. The summed E-state index contributed by atoms with van der Waals surface area (Å²) in [7, 11) is 0. The Hall–Kier alpha value is -1.16. The highest BCUT2D eigenvalue weighted by atomic mass is 32.1. The topological polar surface area (TPSA) is 35.5 Å². The maximum atomic E-state index is 11.1. The van der Waals surface area contributed by atoms with Gasteiger partial charge in [-0.05, 0) is 37.1 Å². The summed E-state index contributed by atoms with van der Waals surface area (Å²) < 4.78 is 10.2. The van der Waals surface area contributed by atoms with Crippen molar-refractivity contribution in [3.05, 3.63) is 23.8 Å². The van der Waals surface area contributed by atoms with E-state index in [0.29, 0.717) is 12.4 Å². The zero-order chi connectivity index (χ0) is 12.0. The first kappa shape index (κ1) is 12.9. The Balaban J connectivity index is 2.63. The van der Waals surface area contributed by atoms with Crippen LogP contribution in [0.3, 0.4) is 0 Å². The van der Waals surface area contributed by atoms with E-state index in [-0.39, 0.29) is 12.6 Å². The van der Waals surface area contributed by atoms with Crippen LogP contribution in [0, 0.1) is 0 Å². The maximum absolute atomic E-state index is 11.1. The van der Waals surface area contributed by atoms with E-state index in [9.17, 15) is 4.79 Å². The third-order valence-corrected chi connectivity index (χ3v) is 2.35. The predicted molar refractivity (Wildman–Crippen MR) is 65.2 cm³/mol. The number of rotatable bonds is 5. The van der Waals surface area contributed by atoms with Crippen LogP contribution in [0.1, 0.15) is 19.4 Å². The highest BCUT2D eigenvalue weighted by Gasteiger charge is 2.06. The van der Waals surface area contributed by atoms with Crippen LogP contribution in [0.2, 0.25) is 0 Å². The summed E-state index contributed by atoms with van der Waals surface area (Å²) in [5, 5.41) is 0. The van der Waals surface area contributed by atoms with Crippen molar-refractivity contribution in [2.75, 3.05) is 13.2 Å². The van der Waals surface area contributed by atoms with Gasteiger partial charge in [0.05, 0.1) is 6.61 Å². The number of esters is 1. The van der Waals surface area contributed by atoms with Crippen LogP contribution in [0.5, 0.6) is 5.75 Å².